The molecule has 1 amide bonds. The molecule has 0 saturated carbocycles. The van der Waals surface area contributed by atoms with Gasteiger partial charge in [-0.3, -0.25) is 14.5 Å². The van der Waals surface area contributed by atoms with Crippen LogP contribution in [-0.2, 0) is 9.59 Å². The van der Waals surface area contributed by atoms with Crippen LogP contribution in [0.3, 0.4) is 0 Å². The molecule has 1 N–H and O–H groups in total. The topological polar surface area (TPSA) is 89.0 Å². The van der Waals surface area contributed by atoms with E-state index in [0.29, 0.717) is 46.1 Å². The van der Waals surface area contributed by atoms with E-state index in [4.69, 9.17) is 9.47 Å². The van der Waals surface area contributed by atoms with Gasteiger partial charge in [0, 0.05) is 5.56 Å². The van der Waals surface area contributed by atoms with Gasteiger partial charge < -0.3 is 14.6 Å². The number of aromatic nitrogens is 1. The number of hydrogen-bond donors (Lipinski definition) is 1. The molecule has 0 bridgehead atoms. The van der Waals surface area contributed by atoms with Gasteiger partial charge in [-0.15, -0.1) is 0 Å². The minimum Gasteiger partial charge on any atom is -0.507 e. The Kier molecular flexibility index (Phi) is 7.60. The summed E-state index contributed by atoms with van der Waals surface area (Å²) in [6.45, 7) is 5.05. The Morgan fingerprint density at radius 1 is 0.974 bits per heavy atom. The Morgan fingerprint density at radius 3 is 2.41 bits per heavy atom. The maximum atomic E-state index is 13.9. The van der Waals surface area contributed by atoms with Crippen LogP contribution in [0.25, 0.3) is 16.0 Å². The average Bonchev–Trinajstić information content (AvgIpc) is 3.48. The van der Waals surface area contributed by atoms with Crippen molar-refractivity contribution in [3.05, 3.63) is 89.2 Å². The van der Waals surface area contributed by atoms with Gasteiger partial charge in [0.05, 0.1) is 35.0 Å². The zero-order chi connectivity index (χ0) is 27.5. The van der Waals surface area contributed by atoms with Crippen molar-refractivity contribution in [2.24, 2.45) is 0 Å². The third kappa shape index (κ3) is 5.22. The Morgan fingerprint density at radius 2 is 1.69 bits per heavy atom. The number of aliphatic hydroxyl groups excluding tert-OH is 1. The van der Waals surface area contributed by atoms with Crippen molar-refractivity contribution in [1.29, 1.82) is 0 Å². The number of carbonyl (C=O) groups is 2. The Balaban J connectivity index is 1.64. The Bertz CT molecular complexity index is 1560. The van der Waals surface area contributed by atoms with E-state index in [1.165, 1.54) is 23.1 Å². The number of ether oxygens (including phenoxy) is 2. The molecule has 39 heavy (non-hydrogen) atoms. The summed E-state index contributed by atoms with van der Waals surface area (Å²) >= 11 is 1.10. The molecule has 1 saturated heterocycles. The number of fused-ring (bicyclic) bond motifs is 1. The lowest BCUT2D eigenvalue weighted by atomic mass is 9.95. The number of rotatable bonds is 9. The molecule has 0 spiro atoms. The van der Waals surface area contributed by atoms with Crippen molar-refractivity contribution < 1.29 is 28.6 Å². The van der Waals surface area contributed by atoms with Crippen molar-refractivity contribution >= 4 is 44.1 Å². The van der Waals surface area contributed by atoms with Crippen molar-refractivity contribution in [2.45, 2.75) is 32.7 Å². The fourth-order valence-electron chi connectivity index (χ4n) is 4.41. The van der Waals surface area contributed by atoms with E-state index in [9.17, 15) is 19.1 Å². The van der Waals surface area contributed by atoms with Gasteiger partial charge in [-0.1, -0.05) is 49.4 Å². The predicted octanol–water partition coefficient (Wildman–Crippen LogP) is 6.64. The van der Waals surface area contributed by atoms with Gasteiger partial charge in [0.1, 0.15) is 23.1 Å². The van der Waals surface area contributed by atoms with E-state index in [2.05, 4.69) is 4.98 Å². The third-order valence-corrected chi connectivity index (χ3v) is 7.26. The Hall–Kier alpha value is -4.24. The summed E-state index contributed by atoms with van der Waals surface area (Å²) in [5.74, 6) is -1.23. The smallest absolute Gasteiger partial charge is 0.301 e. The summed E-state index contributed by atoms with van der Waals surface area (Å²) in [7, 11) is 0. The third-order valence-electron chi connectivity index (χ3n) is 6.24. The van der Waals surface area contributed by atoms with Crippen molar-refractivity contribution in [1.82, 2.24) is 4.98 Å². The number of thiazole rings is 1. The monoisotopic (exact) mass is 546 g/mol. The number of anilines is 1. The minimum atomic E-state index is -0.962. The van der Waals surface area contributed by atoms with Crippen LogP contribution in [0.4, 0.5) is 9.52 Å². The lowest BCUT2D eigenvalue weighted by Crippen LogP contribution is -2.29. The number of aliphatic hydroxyl groups is 1. The van der Waals surface area contributed by atoms with E-state index in [1.807, 2.05) is 13.8 Å². The summed E-state index contributed by atoms with van der Waals surface area (Å²) < 4.78 is 25.8. The van der Waals surface area contributed by atoms with Gasteiger partial charge in [-0.2, -0.15) is 0 Å². The number of hydrogen-bond acceptors (Lipinski definition) is 7. The molecule has 1 aliphatic heterocycles. The molecule has 9 heteroatoms. The lowest BCUT2D eigenvalue weighted by Gasteiger charge is -2.23. The van der Waals surface area contributed by atoms with Crippen molar-refractivity contribution in [3.8, 4) is 11.5 Å². The quantitative estimate of drug-likeness (QED) is 0.144. The molecule has 0 aliphatic carbocycles. The molecule has 1 fully saturated rings. The van der Waals surface area contributed by atoms with E-state index < -0.39 is 23.5 Å². The number of nitrogens with zero attached hydrogens (tertiary/aromatic N) is 2. The second-order valence-electron chi connectivity index (χ2n) is 9.07. The molecular weight excluding hydrogens is 519 g/mol. The highest BCUT2D eigenvalue weighted by molar-refractivity contribution is 7.22. The van der Waals surface area contributed by atoms with Gasteiger partial charge in [0.25, 0.3) is 5.78 Å². The first kappa shape index (κ1) is 26.4. The standard InChI is InChI=1S/C30H27FN2O5S/c1-3-14-37-21-11-8-18(9-12-21)26-25(27(34)19-6-5-7-22(16-19)38-15-4-2)28(35)29(36)33(26)30-32-23-13-10-20(31)17-24(23)39-30/h5-13,16-17,26,34H,3-4,14-15H2,1-2H3. The van der Waals surface area contributed by atoms with Crippen LogP contribution < -0.4 is 14.4 Å². The molecule has 200 valence electrons. The molecular formula is C30H27FN2O5S. The largest absolute Gasteiger partial charge is 0.507 e. The van der Waals surface area contributed by atoms with E-state index >= 15 is 0 Å². The molecule has 1 atom stereocenters. The summed E-state index contributed by atoms with van der Waals surface area (Å²) in [6.07, 6.45) is 1.66. The molecule has 1 aromatic heterocycles. The molecule has 7 nitrogen and oxygen atoms in total. The molecule has 4 aromatic rings. The van der Waals surface area contributed by atoms with Crippen molar-refractivity contribution in [2.75, 3.05) is 18.1 Å². The highest BCUT2D eigenvalue weighted by Gasteiger charge is 2.48. The second-order valence-corrected chi connectivity index (χ2v) is 10.1. The summed E-state index contributed by atoms with van der Waals surface area (Å²) in [5.41, 5.74) is 1.37. The summed E-state index contributed by atoms with van der Waals surface area (Å²) in [5, 5.41) is 11.7. The van der Waals surface area contributed by atoms with Gasteiger partial charge >= 0.3 is 5.91 Å². The highest BCUT2D eigenvalue weighted by atomic mass is 32.1. The van der Waals surface area contributed by atoms with Crippen LogP contribution in [0.5, 0.6) is 11.5 Å². The number of halogens is 1. The average molecular weight is 547 g/mol. The fourth-order valence-corrected chi connectivity index (χ4v) is 5.43. The number of carbonyl (C=O) groups excluding carboxylic acids is 2. The lowest BCUT2D eigenvalue weighted by molar-refractivity contribution is -0.132. The highest BCUT2D eigenvalue weighted by Crippen LogP contribution is 2.44. The van der Waals surface area contributed by atoms with E-state index in [-0.39, 0.29) is 16.5 Å². The van der Waals surface area contributed by atoms with Crippen LogP contribution in [0.2, 0.25) is 0 Å². The van der Waals surface area contributed by atoms with Gasteiger partial charge in [0.2, 0.25) is 0 Å². The molecule has 5 rings (SSSR count). The zero-order valence-corrected chi connectivity index (χ0v) is 22.3. The van der Waals surface area contributed by atoms with Crippen molar-refractivity contribution in [3.63, 3.8) is 0 Å². The van der Waals surface area contributed by atoms with Gasteiger partial charge in [-0.25, -0.2) is 9.37 Å². The first-order chi connectivity index (χ1) is 18.9. The van der Waals surface area contributed by atoms with Crippen LogP contribution in [0.1, 0.15) is 43.9 Å². The number of Topliss-reactive ketones (excluding diaryl/α,β-unsaturated/α-hetero) is 1. The van der Waals surface area contributed by atoms with Crippen LogP contribution in [0, 0.1) is 5.82 Å². The van der Waals surface area contributed by atoms with E-state index in [0.717, 1.165) is 24.2 Å². The van der Waals surface area contributed by atoms with E-state index in [1.54, 1.807) is 48.5 Å². The summed E-state index contributed by atoms with van der Waals surface area (Å²) in [6, 6.07) is 17.0. The fraction of sp³-hybridized carbons (Fsp3) is 0.233. The van der Waals surface area contributed by atoms with Crippen LogP contribution in [0.15, 0.2) is 72.3 Å². The summed E-state index contributed by atoms with van der Waals surface area (Å²) in [4.78, 5) is 32.7. The predicted molar refractivity (Wildman–Crippen MR) is 149 cm³/mol. The molecule has 1 aliphatic rings. The zero-order valence-electron chi connectivity index (χ0n) is 21.5. The minimum absolute atomic E-state index is 0.0692. The number of benzene rings is 3. The Labute approximate surface area is 229 Å². The second kappa shape index (κ2) is 11.2. The maximum absolute atomic E-state index is 13.9. The van der Waals surface area contributed by atoms with Gasteiger partial charge in [0.15, 0.2) is 5.13 Å². The normalized spacial score (nSPS) is 16.7. The number of ketones is 1. The molecule has 2 heterocycles. The van der Waals surface area contributed by atoms with Crippen LogP contribution in [-0.4, -0.2) is 35.0 Å². The first-order valence-electron chi connectivity index (χ1n) is 12.7. The van der Waals surface area contributed by atoms with Crippen LogP contribution >= 0.6 is 11.3 Å². The molecule has 3 aromatic carbocycles. The maximum Gasteiger partial charge on any atom is 0.301 e. The van der Waals surface area contributed by atoms with Gasteiger partial charge in [-0.05, 0) is 60.9 Å². The first-order valence-corrected chi connectivity index (χ1v) is 13.6. The molecule has 0 radical (unpaired) electrons. The SMILES string of the molecule is CCCOc1ccc(C2C(=C(O)c3cccc(OCCC)c3)C(=O)C(=O)N2c2nc3ccc(F)cc3s2)cc1. The molecule has 1 unspecified atom stereocenters. The number of amides is 1.